The van der Waals surface area contributed by atoms with E-state index in [0.717, 1.165) is 44.4 Å². The number of carbonyl (C=O) groups is 3. The van der Waals surface area contributed by atoms with E-state index in [2.05, 4.69) is 73.2 Å². The number of hydrogen-bond donors (Lipinski definition) is 3. The first-order valence-corrected chi connectivity index (χ1v) is 16.7. The van der Waals surface area contributed by atoms with E-state index in [1.165, 1.54) is 10.5 Å². The molecule has 1 heterocycles. The molecule has 0 spiro atoms. The van der Waals surface area contributed by atoms with Gasteiger partial charge in [-0.25, -0.2) is 0 Å². The molecule has 0 saturated heterocycles. The number of aryl methyl sites for hydroxylation is 1. The minimum absolute atomic E-state index is 0.100. The van der Waals surface area contributed by atoms with Crippen molar-refractivity contribution in [3.8, 4) is 11.1 Å². The summed E-state index contributed by atoms with van der Waals surface area (Å²) in [5, 5.41) is 17.0. The molecule has 1 aromatic heterocycles. The molecular weight excluding hydrogens is 612 g/mol. The van der Waals surface area contributed by atoms with E-state index in [-0.39, 0.29) is 24.4 Å². The summed E-state index contributed by atoms with van der Waals surface area (Å²) >= 11 is 0. The van der Waals surface area contributed by atoms with Gasteiger partial charge in [-0.3, -0.25) is 14.4 Å². The van der Waals surface area contributed by atoms with E-state index in [9.17, 15) is 19.5 Å². The second-order valence-corrected chi connectivity index (χ2v) is 13.2. The second-order valence-electron chi connectivity index (χ2n) is 13.2. The standard InChI is InChI=1S/C41H46N4O4/c1-25(2)31-11-10-12-32(21-31)27(4)43-39(47)33-19-20-37-36(22-33)26(3)28(5)45(37)24-29-15-17-30(18-16-29)34-13-8-9-14-35(34)40(48)42-23-38(46)41(49)44(6)7/h8-22,25,27,38,46H,23-24H2,1-7H3,(H,42,48)(H,43,47)/t27-,38+/m0/s1. The van der Waals surface area contributed by atoms with E-state index >= 15 is 0 Å². The summed E-state index contributed by atoms with van der Waals surface area (Å²) in [5.41, 5.74) is 9.49. The van der Waals surface area contributed by atoms with Crippen LogP contribution in [0.2, 0.25) is 0 Å². The van der Waals surface area contributed by atoms with Crippen LogP contribution in [-0.2, 0) is 11.3 Å². The Morgan fingerprint density at radius 1 is 0.816 bits per heavy atom. The van der Waals surface area contributed by atoms with Crippen LogP contribution in [-0.4, -0.2) is 59.0 Å². The molecule has 0 bridgehead atoms. The number of aliphatic hydroxyl groups excluding tert-OH is 1. The van der Waals surface area contributed by atoms with Gasteiger partial charge in [-0.2, -0.15) is 0 Å². The van der Waals surface area contributed by atoms with Crippen molar-refractivity contribution in [2.75, 3.05) is 20.6 Å². The van der Waals surface area contributed by atoms with Crippen LogP contribution in [0.1, 0.15) is 81.4 Å². The minimum atomic E-state index is -1.31. The molecule has 8 heteroatoms. The molecule has 5 aromatic rings. The fourth-order valence-electron chi connectivity index (χ4n) is 6.12. The Bertz CT molecular complexity index is 1990. The summed E-state index contributed by atoms with van der Waals surface area (Å²) in [6.45, 7) is 11.0. The second kappa shape index (κ2) is 14.9. The SMILES string of the molecule is Cc1c(C)n(Cc2ccc(-c3ccccc3C(=O)NC[C@@H](O)C(=O)N(C)C)cc2)c2ccc(C(=O)N[C@@H](C)c3cccc(C(C)C)c3)cc12. The van der Waals surface area contributed by atoms with Crippen molar-refractivity contribution in [1.82, 2.24) is 20.1 Å². The lowest BCUT2D eigenvalue weighted by Gasteiger charge is -2.17. The molecule has 0 unspecified atom stereocenters. The van der Waals surface area contributed by atoms with Gasteiger partial charge in [0.25, 0.3) is 17.7 Å². The summed E-state index contributed by atoms with van der Waals surface area (Å²) in [6.07, 6.45) is -1.31. The Morgan fingerprint density at radius 2 is 1.51 bits per heavy atom. The highest BCUT2D eigenvalue weighted by molar-refractivity contribution is 6.01. The van der Waals surface area contributed by atoms with Gasteiger partial charge >= 0.3 is 0 Å². The maximum absolute atomic E-state index is 13.3. The largest absolute Gasteiger partial charge is 0.381 e. The van der Waals surface area contributed by atoms with Crippen LogP contribution < -0.4 is 10.6 Å². The molecule has 0 saturated carbocycles. The van der Waals surface area contributed by atoms with Crippen molar-refractivity contribution in [3.05, 3.63) is 130 Å². The average molecular weight is 659 g/mol. The Labute approximate surface area is 288 Å². The Balaban J connectivity index is 1.31. The zero-order valence-electron chi connectivity index (χ0n) is 29.4. The number of aliphatic hydroxyl groups is 1. The number of carbonyl (C=O) groups excluding carboxylic acids is 3. The molecule has 0 aliphatic carbocycles. The molecule has 5 rings (SSSR count). The van der Waals surface area contributed by atoms with Crippen molar-refractivity contribution >= 4 is 28.6 Å². The molecule has 3 amide bonds. The van der Waals surface area contributed by atoms with Gasteiger partial charge in [-0.1, -0.05) is 80.6 Å². The zero-order chi connectivity index (χ0) is 35.4. The van der Waals surface area contributed by atoms with E-state index < -0.39 is 12.0 Å². The highest BCUT2D eigenvalue weighted by Crippen LogP contribution is 2.29. The smallest absolute Gasteiger partial charge is 0.252 e. The number of fused-ring (bicyclic) bond motifs is 1. The number of rotatable bonds is 11. The van der Waals surface area contributed by atoms with Crippen LogP contribution in [0, 0.1) is 13.8 Å². The van der Waals surface area contributed by atoms with Crippen molar-refractivity contribution in [2.24, 2.45) is 0 Å². The van der Waals surface area contributed by atoms with Gasteiger partial charge in [0.15, 0.2) is 0 Å². The van der Waals surface area contributed by atoms with Crippen molar-refractivity contribution in [2.45, 2.75) is 59.2 Å². The first-order valence-electron chi connectivity index (χ1n) is 16.7. The lowest BCUT2D eigenvalue weighted by Crippen LogP contribution is -2.42. The predicted molar refractivity (Wildman–Crippen MR) is 196 cm³/mol. The number of benzene rings is 4. The first kappa shape index (κ1) is 35.1. The maximum Gasteiger partial charge on any atom is 0.252 e. The molecule has 0 radical (unpaired) electrons. The summed E-state index contributed by atoms with van der Waals surface area (Å²) in [6, 6.07) is 29.6. The summed E-state index contributed by atoms with van der Waals surface area (Å²) in [5.74, 6) is -0.512. The molecule has 2 atom stereocenters. The number of nitrogens with zero attached hydrogens (tertiary/aromatic N) is 2. The van der Waals surface area contributed by atoms with Crippen LogP contribution >= 0.6 is 0 Å². The monoisotopic (exact) mass is 658 g/mol. The van der Waals surface area contributed by atoms with Gasteiger partial charge in [-0.15, -0.1) is 0 Å². The molecule has 49 heavy (non-hydrogen) atoms. The highest BCUT2D eigenvalue weighted by Gasteiger charge is 2.20. The normalized spacial score (nSPS) is 12.5. The predicted octanol–water partition coefficient (Wildman–Crippen LogP) is 6.77. The van der Waals surface area contributed by atoms with E-state index in [1.54, 1.807) is 26.2 Å². The average Bonchev–Trinajstić information content (AvgIpc) is 3.34. The fourth-order valence-corrected chi connectivity index (χ4v) is 6.12. The Kier molecular flexibility index (Phi) is 10.7. The van der Waals surface area contributed by atoms with Gasteiger partial charge in [0.05, 0.1) is 12.6 Å². The maximum atomic E-state index is 13.3. The molecule has 0 aliphatic heterocycles. The lowest BCUT2D eigenvalue weighted by atomic mass is 9.98. The highest BCUT2D eigenvalue weighted by atomic mass is 16.3. The molecule has 3 N–H and O–H groups in total. The summed E-state index contributed by atoms with van der Waals surface area (Å²) in [7, 11) is 3.11. The summed E-state index contributed by atoms with van der Waals surface area (Å²) in [4.78, 5) is 39.7. The molecule has 0 fully saturated rings. The summed E-state index contributed by atoms with van der Waals surface area (Å²) < 4.78 is 2.27. The lowest BCUT2D eigenvalue weighted by molar-refractivity contribution is -0.137. The third kappa shape index (κ3) is 7.76. The van der Waals surface area contributed by atoms with Crippen LogP contribution in [0.4, 0.5) is 0 Å². The third-order valence-electron chi connectivity index (χ3n) is 9.29. The first-order chi connectivity index (χ1) is 23.3. The minimum Gasteiger partial charge on any atom is -0.381 e. The van der Waals surface area contributed by atoms with Gasteiger partial charge in [0.1, 0.15) is 6.10 Å². The van der Waals surface area contributed by atoms with Gasteiger partial charge in [0.2, 0.25) is 0 Å². The number of nitrogens with one attached hydrogen (secondary N) is 2. The van der Waals surface area contributed by atoms with Crippen LogP contribution in [0.25, 0.3) is 22.0 Å². The number of amides is 3. The van der Waals surface area contributed by atoms with Gasteiger partial charge in [-0.05, 0) is 84.3 Å². The molecule has 4 aromatic carbocycles. The molecule has 8 nitrogen and oxygen atoms in total. The van der Waals surface area contributed by atoms with Crippen molar-refractivity contribution < 1.29 is 19.5 Å². The molecular formula is C41H46N4O4. The van der Waals surface area contributed by atoms with Gasteiger partial charge in [0, 0.05) is 48.4 Å². The van der Waals surface area contributed by atoms with Crippen LogP contribution in [0.15, 0.2) is 91.0 Å². The van der Waals surface area contributed by atoms with Crippen LogP contribution in [0.3, 0.4) is 0 Å². The van der Waals surface area contributed by atoms with Crippen LogP contribution in [0.5, 0.6) is 0 Å². The molecule has 0 aliphatic rings. The number of likely N-dealkylation sites (N-methyl/N-ethyl adjacent to an activating group) is 1. The van der Waals surface area contributed by atoms with Crippen molar-refractivity contribution in [1.29, 1.82) is 0 Å². The topological polar surface area (TPSA) is 104 Å². The van der Waals surface area contributed by atoms with Gasteiger partial charge < -0.3 is 25.2 Å². The zero-order valence-corrected chi connectivity index (χ0v) is 29.4. The number of hydrogen-bond acceptors (Lipinski definition) is 4. The van der Waals surface area contributed by atoms with Crippen molar-refractivity contribution in [3.63, 3.8) is 0 Å². The fraction of sp³-hybridized carbons (Fsp3) is 0.293. The quantitative estimate of drug-likeness (QED) is 0.146. The van der Waals surface area contributed by atoms with E-state index in [0.29, 0.717) is 23.6 Å². The van der Waals surface area contributed by atoms with E-state index in [1.807, 2.05) is 55.5 Å². The Hall–Kier alpha value is -5.21. The third-order valence-corrected chi connectivity index (χ3v) is 9.29. The number of aromatic nitrogens is 1. The molecule has 254 valence electrons. The Morgan fingerprint density at radius 3 is 2.20 bits per heavy atom. The van der Waals surface area contributed by atoms with E-state index in [4.69, 9.17) is 0 Å².